The molecular weight excluding hydrogens is 1020 g/mol. The average molecular weight is 1170 g/mol. The van der Waals surface area contributed by atoms with Crippen LogP contribution in [-0.4, -0.2) is 37.2 Å². The number of hydrogen-bond acceptors (Lipinski definition) is 6. The van der Waals surface area contributed by atoms with Gasteiger partial charge < -0.3 is 14.2 Å². The van der Waals surface area contributed by atoms with E-state index in [4.69, 9.17) is 14.2 Å². The van der Waals surface area contributed by atoms with E-state index in [-0.39, 0.29) is 31.1 Å². The smallest absolute Gasteiger partial charge is 0.306 e. The van der Waals surface area contributed by atoms with Crippen LogP contribution in [0.2, 0.25) is 0 Å². The summed E-state index contributed by atoms with van der Waals surface area (Å²) in [5.74, 6) is -0.845. The monoisotopic (exact) mass is 1170 g/mol. The Labute approximate surface area is 518 Å². The van der Waals surface area contributed by atoms with Crippen LogP contribution in [0, 0.1) is 0 Å². The molecule has 0 spiro atoms. The summed E-state index contributed by atoms with van der Waals surface area (Å²) in [5.41, 5.74) is 0. The zero-order chi connectivity index (χ0) is 59.9. The summed E-state index contributed by atoms with van der Waals surface area (Å²) in [5, 5.41) is 0. The first-order valence-electron chi connectivity index (χ1n) is 37.5. The van der Waals surface area contributed by atoms with Crippen LogP contribution in [0.5, 0.6) is 0 Å². The van der Waals surface area contributed by atoms with Gasteiger partial charge >= 0.3 is 17.9 Å². The van der Waals surface area contributed by atoms with E-state index in [0.29, 0.717) is 19.3 Å². The van der Waals surface area contributed by atoms with Gasteiger partial charge in [0, 0.05) is 19.3 Å². The van der Waals surface area contributed by atoms with Crippen molar-refractivity contribution in [2.24, 2.45) is 0 Å². The zero-order valence-electron chi connectivity index (χ0n) is 56.2. The summed E-state index contributed by atoms with van der Waals surface area (Å²) < 4.78 is 16.9. The molecule has 6 heteroatoms. The third-order valence-corrected chi connectivity index (χ3v) is 17.1. The minimum Gasteiger partial charge on any atom is -0.462 e. The van der Waals surface area contributed by atoms with Gasteiger partial charge in [-0.25, -0.2) is 0 Å². The van der Waals surface area contributed by atoms with Crippen LogP contribution in [0.4, 0.5) is 0 Å². The van der Waals surface area contributed by atoms with Gasteiger partial charge in [-0.3, -0.25) is 14.4 Å². The number of ether oxygens (including phenoxy) is 3. The van der Waals surface area contributed by atoms with Crippen molar-refractivity contribution in [3.63, 3.8) is 0 Å². The lowest BCUT2D eigenvalue weighted by Gasteiger charge is -2.18. The molecule has 0 rings (SSSR count). The molecule has 0 heterocycles. The lowest BCUT2D eigenvalue weighted by Crippen LogP contribution is -2.30. The number of unbranched alkanes of at least 4 members (excludes halogenated alkanes) is 53. The third kappa shape index (κ3) is 70.3. The highest BCUT2D eigenvalue weighted by Crippen LogP contribution is 2.19. The second-order valence-corrected chi connectivity index (χ2v) is 25.6. The molecule has 0 saturated carbocycles. The highest BCUT2D eigenvalue weighted by Gasteiger charge is 2.20. The predicted molar refractivity (Wildman–Crippen MR) is 362 cm³/mol. The highest BCUT2D eigenvalue weighted by atomic mass is 16.6. The summed E-state index contributed by atoms with van der Waals surface area (Å²) >= 11 is 0. The van der Waals surface area contributed by atoms with Crippen LogP contribution in [0.25, 0.3) is 0 Å². The van der Waals surface area contributed by atoms with Crippen molar-refractivity contribution >= 4 is 17.9 Å². The average Bonchev–Trinajstić information content (AvgIpc) is 3.49. The van der Waals surface area contributed by atoms with Crippen molar-refractivity contribution in [2.75, 3.05) is 13.2 Å². The number of carbonyl (C=O) groups excluding carboxylic acids is 3. The fourth-order valence-corrected chi connectivity index (χ4v) is 11.5. The van der Waals surface area contributed by atoms with Crippen LogP contribution < -0.4 is 0 Å². The maximum atomic E-state index is 12.9. The molecule has 0 radical (unpaired) electrons. The van der Waals surface area contributed by atoms with E-state index in [1.807, 2.05) is 0 Å². The van der Waals surface area contributed by atoms with Gasteiger partial charge in [0.2, 0.25) is 0 Å². The van der Waals surface area contributed by atoms with E-state index in [9.17, 15) is 14.4 Å². The van der Waals surface area contributed by atoms with Gasteiger partial charge in [0.05, 0.1) is 0 Å². The Bertz CT molecular complexity index is 1380. The predicted octanol–water partition coefficient (Wildman–Crippen LogP) is 25.9. The molecule has 0 aromatic heterocycles. The van der Waals surface area contributed by atoms with Crippen molar-refractivity contribution in [3.05, 3.63) is 36.5 Å². The van der Waals surface area contributed by atoms with Crippen molar-refractivity contribution in [1.29, 1.82) is 0 Å². The van der Waals surface area contributed by atoms with Gasteiger partial charge in [-0.2, -0.15) is 0 Å². The lowest BCUT2D eigenvalue weighted by molar-refractivity contribution is -0.167. The number of hydrogen-bond donors (Lipinski definition) is 0. The molecule has 488 valence electrons. The number of esters is 3. The van der Waals surface area contributed by atoms with E-state index in [2.05, 4.69) is 57.2 Å². The van der Waals surface area contributed by atoms with Gasteiger partial charge in [-0.1, -0.05) is 359 Å². The Hall–Kier alpha value is -2.37. The molecular formula is C77H144O6. The maximum Gasteiger partial charge on any atom is 0.306 e. The largest absolute Gasteiger partial charge is 0.462 e. The minimum absolute atomic E-state index is 0.0662. The summed E-state index contributed by atoms with van der Waals surface area (Å²) in [6.45, 7) is 6.66. The van der Waals surface area contributed by atoms with Crippen LogP contribution in [0.3, 0.4) is 0 Å². The Morgan fingerprint density at radius 1 is 0.241 bits per heavy atom. The van der Waals surface area contributed by atoms with E-state index >= 15 is 0 Å². The molecule has 0 saturated heterocycles. The Balaban J connectivity index is 3.94. The SMILES string of the molecule is CCCCCCC/C=C\C/C=C\CCCCCCCCCCCCCCCCCCCCCCCCCC(=O)OCC(COC(=O)CCCCCCCCC)OC(=O)CCCCCCCCCCCCC/C=C\CCCCCCCCCC. The van der Waals surface area contributed by atoms with Crippen molar-refractivity contribution in [2.45, 2.75) is 425 Å². The van der Waals surface area contributed by atoms with E-state index in [1.54, 1.807) is 0 Å². The molecule has 0 aliphatic heterocycles. The standard InChI is InChI=1S/C77H144O6/c1-4-7-10-13-16-18-20-22-24-26-28-30-32-33-34-35-36-37-38-39-40-41-42-43-45-46-48-50-52-54-56-58-61-64-67-70-76(79)82-73-74(72-81-75(78)69-66-63-60-15-12-9-6-3)83-77(80)71-68-65-62-59-57-55-53-51-49-47-44-31-29-27-25-23-21-19-17-14-11-8-5-2/h20,22,26-29,74H,4-19,21,23-25,30-73H2,1-3H3/b22-20-,28-26-,29-27-. The molecule has 0 aromatic carbocycles. The van der Waals surface area contributed by atoms with Crippen LogP contribution in [-0.2, 0) is 28.6 Å². The fourth-order valence-electron chi connectivity index (χ4n) is 11.5. The van der Waals surface area contributed by atoms with Gasteiger partial charge in [0.15, 0.2) is 6.10 Å². The molecule has 0 aliphatic rings. The number of allylic oxidation sites excluding steroid dienone is 6. The fraction of sp³-hybridized carbons (Fsp3) is 0.883. The summed E-state index contributed by atoms with van der Waals surface area (Å²) in [4.78, 5) is 38.2. The minimum atomic E-state index is -0.767. The first-order valence-corrected chi connectivity index (χ1v) is 37.5. The van der Waals surface area contributed by atoms with Crippen LogP contribution >= 0.6 is 0 Å². The molecule has 0 aromatic rings. The van der Waals surface area contributed by atoms with Gasteiger partial charge in [0.1, 0.15) is 13.2 Å². The Kier molecular flexibility index (Phi) is 70.0. The molecule has 0 bridgehead atoms. The summed E-state index contributed by atoms with van der Waals surface area (Å²) in [6, 6.07) is 0. The van der Waals surface area contributed by atoms with Crippen molar-refractivity contribution < 1.29 is 28.6 Å². The molecule has 1 atom stereocenters. The number of rotatable bonds is 70. The van der Waals surface area contributed by atoms with Crippen molar-refractivity contribution in [3.8, 4) is 0 Å². The quantitative estimate of drug-likeness (QED) is 0.0261. The summed E-state index contributed by atoms with van der Waals surface area (Å²) in [6.07, 6.45) is 90.9. The van der Waals surface area contributed by atoms with Gasteiger partial charge in [-0.05, 0) is 77.0 Å². The maximum absolute atomic E-state index is 12.9. The molecule has 6 nitrogen and oxygen atoms in total. The normalized spacial score (nSPS) is 12.2. The molecule has 83 heavy (non-hydrogen) atoms. The van der Waals surface area contributed by atoms with Gasteiger partial charge in [-0.15, -0.1) is 0 Å². The van der Waals surface area contributed by atoms with Gasteiger partial charge in [0.25, 0.3) is 0 Å². The third-order valence-electron chi connectivity index (χ3n) is 17.1. The zero-order valence-corrected chi connectivity index (χ0v) is 56.2. The first-order chi connectivity index (χ1) is 41.0. The van der Waals surface area contributed by atoms with E-state index in [0.717, 1.165) is 64.2 Å². The molecule has 0 N–H and O–H groups in total. The van der Waals surface area contributed by atoms with Crippen LogP contribution in [0.15, 0.2) is 36.5 Å². The Morgan fingerprint density at radius 2 is 0.434 bits per heavy atom. The molecule has 0 amide bonds. The summed E-state index contributed by atoms with van der Waals surface area (Å²) in [7, 11) is 0. The Morgan fingerprint density at radius 3 is 0.675 bits per heavy atom. The molecule has 1 unspecified atom stereocenters. The lowest BCUT2D eigenvalue weighted by atomic mass is 10.0. The first kappa shape index (κ1) is 80.6. The highest BCUT2D eigenvalue weighted by molar-refractivity contribution is 5.71. The topological polar surface area (TPSA) is 78.9 Å². The van der Waals surface area contributed by atoms with Crippen molar-refractivity contribution in [1.82, 2.24) is 0 Å². The van der Waals surface area contributed by atoms with E-state index < -0.39 is 6.10 Å². The van der Waals surface area contributed by atoms with Crippen LogP contribution in [0.1, 0.15) is 419 Å². The second-order valence-electron chi connectivity index (χ2n) is 25.6. The number of carbonyl (C=O) groups is 3. The van der Waals surface area contributed by atoms with E-state index in [1.165, 1.54) is 315 Å². The molecule has 0 fully saturated rings. The molecule has 0 aliphatic carbocycles. The second kappa shape index (κ2) is 72.1.